The van der Waals surface area contributed by atoms with Crippen molar-refractivity contribution in [2.45, 2.75) is 25.3 Å². The Hall–Kier alpha value is -2.44. The highest BCUT2D eigenvalue weighted by Crippen LogP contribution is 2.31. The molecule has 0 saturated heterocycles. The first-order valence-corrected chi connectivity index (χ1v) is 9.21. The Balaban J connectivity index is 2.10. The molecule has 0 radical (unpaired) electrons. The molecule has 6 heteroatoms. The van der Waals surface area contributed by atoms with Gasteiger partial charge in [-0.05, 0) is 31.5 Å². The SMILES string of the molecule is CCn1cc(-c2ccc(C)cc2)c(-c2ccc(S(N)(=O)=O)cc2)n1. The van der Waals surface area contributed by atoms with Crippen LogP contribution in [0.15, 0.2) is 59.6 Å². The van der Waals surface area contributed by atoms with Crippen LogP contribution in [0.5, 0.6) is 0 Å². The average molecular weight is 341 g/mol. The van der Waals surface area contributed by atoms with E-state index in [1.807, 2.05) is 24.7 Å². The maximum absolute atomic E-state index is 11.4. The zero-order valence-electron chi connectivity index (χ0n) is 13.6. The summed E-state index contributed by atoms with van der Waals surface area (Å²) >= 11 is 0. The Morgan fingerprint density at radius 3 is 2.12 bits per heavy atom. The largest absolute Gasteiger partial charge is 0.272 e. The number of benzene rings is 2. The van der Waals surface area contributed by atoms with Gasteiger partial charge in [0.15, 0.2) is 0 Å². The van der Waals surface area contributed by atoms with E-state index in [1.165, 1.54) is 17.7 Å². The lowest BCUT2D eigenvalue weighted by atomic mass is 10.0. The number of aromatic nitrogens is 2. The number of hydrogen-bond donors (Lipinski definition) is 1. The molecule has 2 aromatic carbocycles. The minimum atomic E-state index is -3.69. The van der Waals surface area contributed by atoms with Crippen LogP contribution in [0, 0.1) is 6.92 Å². The third kappa shape index (κ3) is 3.25. The number of nitrogens with zero attached hydrogens (tertiary/aromatic N) is 2. The van der Waals surface area contributed by atoms with Crippen LogP contribution >= 0.6 is 0 Å². The van der Waals surface area contributed by atoms with Crippen LogP contribution in [-0.4, -0.2) is 18.2 Å². The van der Waals surface area contributed by atoms with Crippen LogP contribution in [0.4, 0.5) is 0 Å². The lowest BCUT2D eigenvalue weighted by Gasteiger charge is -2.04. The number of nitrogens with two attached hydrogens (primary N) is 1. The van der Waals surface area contributed by atoms with E-state index in [0.29, 0.717) is 0 Å². The Morgan fingerprint density at radius 2 is 1.58 bits per heavy atom. The second-order valence-corrected chi connectivity index (χ2v) is 7.24. The van der Waals surface area contributed by atoms with E-state index in [-0.39, 0.29) is 4.90 Å². The van der Waals surface area contributed by atoms with Crippen LogP contribution in [0.1, 0.15) is 12.5 Å². The summed E-state index contributed by atoms with van der Waals surface area (Å²) in [4.78, 5) is 0.0954. The Labute approximate surface area is 141 Å². The van der Waals surface area contributed by atoms with E-state index in [2.05, 4.69) is 29.4 Å². The van der Waals surface area contributed by atoms with Gasteiger partial charge in [-0.3, -0.25) is 4.68 Å². The topological polar surface area (TPSA) is 78.0 Å². The predicted octanol–water partition coefficient (Wildman–Crippen LogP) is 3.19. The summed E-state index contributed by atoms with van der Waals surface area (Å²) in [6, 6.07) is 14.7. The van der Waals surface area contributed by atoms with Crippen LogP contribution in [0.3, 0.4) is 0 Å². The number of sulfonamides is 1. The summed E-state index contributed by atoms with van der Waals surface area (Å²) in [5.41, 5.74) is 4.96. The molecule has 0 unspecified atom stereocenters. The van der Waals surface area contributed by atoms with Gasteiger partial charge < -0.3 is 0 Å². The van der Waals surface area contributed by atoms with E-state index in [0.717, 1.165) is 28.9 Å². The second-order valence-electron chi connectivity index (χ2n) is 5.68. The molecule has 0 amide bonds. The predicted molar refractivity (Wildman–Crippen MR) is 94.9 cm³/mol. The summed E-state index contributed by atoms with van der Waals surface area (Å²) in [5, 5.41) is 9.78. The van der Waals surface area contributed by atoms with E-state index < -0.39 is 10.0 Å². The molecular weight excluding hydrogens is 322 g/mol. The van der Waals surface area contributed by atoms with Crippen molar-refractivity contribution in [1.82, 2.24) is 9.78 Å². The third-order valence-electron chi connectivity index (χ3n) is 3.90. The first-order valence-electron chi connectivity index (χ1n) is 7.66. The Morgan fingerprint density at radius 1 is 1.00 bits per heavy atom. The van der Waals surface area contributed by atoms with Gasteiger partial charge in [-0.25, -0.2) is 13.6 Å². The highest BCUT2D eigenvalue weighted by atomic mass is 32.2. The zero-order valence-corrected chi connectivity index (χ0v) is 14.4. The second kappa shape index (κ2) is 6.22. The molecule has 2 N–H and O–H groups in total. The summed E-state index contributed by atoms with van der Waals surface area (Å²) < 4.78 is 24.7. The van der Waals surface area contributed by atoms with Crippen molar-refractivity contribution in [2.24, 2.45) is 5.14 Å². The van der Waals surface area contributed by atoms with Gasteiger partial charge in [0.2, 0.25) is 10.0 Å². The lowest BCUT2D eigenvalue weighted by molar-refractivity contribution is 0.598. The van der Waals surface area contributed by atoms with Crippen LogP contribution in [0.25, 0.3) is 22.4 Å². The molecule has 3 rings (SSSR count). The van der Waals surface area contributed by atoms with Crippen molar-refractivity contribution >= 4 is 10.0 Å². The normalized spacial score (nSPS) is 11.6. The summed E-state index contributed by atoms with van der Waals surface area (Å²) in [5.74, 6) is 0. The van der Waals surface area contributed by atoms with Crippen LogP contribution in [-0.2, 0) is 16.6 Å². The minimum absolute atomic E-state index is 0.0954. The van der Waals surface area contributed by atoms with Gasteiger partial charge in [0.1, 0.15) is 5.69 Å². The van der Waals surface area contributed by atoms with Gasteiger partial charge in [0.05, 0.1) is 4.90 Å². The van der Waals surface area contributed by atoms with Crippen LogP contribution < -0.4 is 5.14 Å². The molecule has 24 heavy (non-hydrogen) atoms. The molecule has 1 heterocycles. The molecule has 0 aliphatic carbocycles. The van der Waals surface area contributed by atoms with Crippen molar-refractivity contribution in [3.8, 4) is 22.4 Å². The fourth-order valence-corrected chi connectivity index (χ4v) is 3.06. The number of aryl methyl sites for hydroxylation is 2. The molecule has 0 spiro atoms. The lowest BCUT2D eigenvalue weighted by Crippen LogP contribution is -2.11. The average Bonchev–Trinajstić information content (AvgIpc) is 2.99. The first-order chi connectivity index (χ1) is 11.4. The summed E-state index contributed by atoms with van der Waals surface area (Å²) in [7, 11) is -3.69. The monoisotopic (exact) mass is 341 g/mol. The quantitative estimate of drug-likeness (QED) is 0.791. The molecule has 0 aliphatic heterocycles. The highest BCUT2D eigenvalue weighted by Gasteiger charge is 2.14. The van der Waals surface area contributed by atoms with Gasteiger partial charge in [-0.2, -0.15) is 5.10 Å². The van der Waals surface area contributed by atoms with Gasteiger partial charge in [-0.1, -0.05) is 42.0 Å². The van der Waals surface area contributed by atoms with Crippen molar-refractivity contribution in [3.05, 3.63) is 60.3 Å². The Bertz CT molecular complexity index is 957. The minimum Gasteiger partial charge on any atom is -0.272 e. The number of hydrogen-bond acceptors (Lipinski definition) is 3. The standard InChI is InChI=1S/C18H19N3O2S/c1-3-21-12-17(14-6-4-13(2)5-7-14)18(20-21)15-8-10-16(11-9-15)24(19,22)23/h4-12H,3H2,1-2H3,(H2,19,22,23). The van der Waals surface area contributed by atoms with Crippen molar-refractivity contribution in [1.29, 1.82) is 0 Å². The van der Waals surface area contributed by atoms with E-state index in [4.69, 9.17) is 5.14 Å². The van der Waals surface area contributed by atoms with E-state index in [1.54, 1.807) is 12.1 Å². The van der Waals surface area contributed by atoms with E-state index >= 15 is 0 Å². The molecule has 3 aromatic rings. The molecule has 0 bridgehead atoms. The van der Waals surface area contributed by atoms with Crippen molar-refractivity contribution in [2.75, 3.05) is 0 Å². The van der Waals surface area contributed by atoms with Gasteiger partial charge >= 0.3 is 0 Å². The molecule has 0 saturated carbocycles. The fraction of sp³-hybridized carbons (Fsp3) is 0.167. The maximum atomic E-state index is 11.4. The summed E-state index contributed by atoms with van der Waals surface area (Å²) in [6.45, 7) is 4.83. The highest BCUT2D eigenvalue weighted by molar-refractivity contribution is 7.89. The smallest absolute Gasteiger partial charge is 0.238 e. The van der Waals surface area contributed by atoms with Crippen LogP contribution in [0.2, 0.25) is 0 Å². The summed E-state index contributed by atoms with van der Waals surface area (Å²) in [6.07, 6.45) is 2.01. The molecule has 124 valence electrons. The maximum Gasteiger partial charge on any atom is 0.238 e. The third-order valence-corrected chi connectivity index (χ3v) is 4.83. The molecular formula is C18H19N3O2S. The van der Waals surface area contributed by atoms with Crippen molar-refractivity contribution in [3.63, 3.8) is 0 Å². The Kier molecular flexibility index (Phi) is 4.26. The van der Waals surface area contributed by atoms with Gasteiger partial charge in [0.25, 0.3) is 0 Å². The zero-order chi connectivity index (χ0) is 17.3. The number of rotatable bonds is 4. The molecule has 0 aliphatic rings. The molecule has 1 aromatic heterocycles. The number of primary sulfonamides is 1. The van der Waals surface area contributed by atoms with Gasteiger partial charge in [0, 0.05) is 23.9 Å². The molecule has 0 atom stereocenters. The van der Waals surface area contributed by atoms with Gasteiger partial charge in [-0.15, -0.1) is 0 Å². The first kappa shape index (κ1) is 16.4. The molecule has 0 fully saturated rings. The fourth-order valence-electron chi connectivity index (χ4n) is 2.54. The van der Waals surface area contributed by atoms with Crippen molar-refractivity contribution < 1.29 is 8.42 Å². The molecule has 5 nitrogen and oxygen atoms in total. The van der Waals surface area contributed by atoms with E-state index in [9.17, 15) is 8.42 Å².